The van der Waals surface area contributed by atoms with Crippen LogP contribution in [0, 0.1) is 12.8 Å². The van der Waals surface area contributed by atoms with Gasteiger partial charge >= 0.3 is 0 Å². The summed E-state index contributed by atoms with van der Waals surface area (Å²) >= 11 is 0. The van der Waals surface area contributed by atoms with E-state index in [1.165, 1.54) is 24.8 Å². The number of hydrogen-bond donors (Lipinski definition) is 2. The fourth-order valence-corrected chi connectivity index (χ4v) is 3.25. The first-order chi connectivity index (χ1) is 14.5. The molecule has 31 heavy (non-hydrogen) atoms. The number of hydrogen-bond acceptors (Lipinski definition) is 4. The van der Waals surface area contributed by atoms with Crippen LogP contribution in [0.3, 0.4) is 0 Å². The van der Waals surface area contributed by atoms with Crippen molar-refractivity contribution in [2.24, 2.45) is 10.9 Å². The highest BCUT2D eigenvalue weighted by Gasteiger charge is 2.22. The number of benzene rings is 1. The first kappa shape index (κ1) is 25.7. The zero-order valence-electron chi connectivity index (χ0n) is 19.0. The number of nitrogens with one attached hydrogen (secondary N) is 2. The van der Waals surface area contributed by atoms with Crippen LogP contribution in [0.15, 0.2) is 23.2 Å². The van der Waals surface area contributed by atoms with E-state index in [0.717, 1.165) is 37.4 Å². The Kier molecular flexibility index (Phi) is 10.9. The highest BCUT2D eigenvalue weighted by Crippen LogP contribution is 2.31. The van der Waals surface area contributed by atoms with E-state index in [2.05, 4.69) is 35.8 Å². The molecule has 0 bridgehead atoms. The fraction of sp³-hybridized carbons (Fsp3) is 0.652. The molecule has 1 amide bonds. The average molecular weight is 544 g/mol. The molecule has 1 aliphatic carbocycles. The first-order valence-electron chi connectivity index (χ1n) is 11.1. The van der Waals surface area contributed by atoms with Gasteiger partial charge in [-0.05, 0) is 56.6 Å². The van der Waals surface area contributed by atoms with Gasteiger partial charge in [0, 0.05) is 32.8 Å². The van der Waals surface area contributed by atoms with Gasteiger partial charge in [-0.1, -0.05) is 12.1 Å². The maximum atomic E-state index is 12.0. The Morgan fingerprint density at radius 1 is 1.23 bits per heavy atom. The zero-order valence-corrected chi connectivity index (χ0v) is 21.3. The quantitative estimate of drug-likeness (QED) is 0.284. The second-order valence-electron chi connectivity index (χ2n) is 8.54. The standard InChI is InChI=1S/C23H36N4O3.HI/c1-17-7-10-19(21(12-17)30-16-18-8-9-18)13-24-23(26-15-22(28)27(2)3)25-14-20-6-4-5-11-29-20;/h7,10,12,18,20H,4-6,8-9,11,13-16H2,1-3H3,(H2,24,25,26);1H. The number of guanidine groups is 1. The molecular formula is C23H37IN4O3. The summed E-state index contributed by atoms with van der Waals surface area (Å²) in [6, 6.07) is 6.24. The molecule has 8 heteroatoms. The van der Waals surface area contributed by atoms with Crippen LogP contribution in [-0.4, -0.2) is 63.3 Å². The van der Waals surface area contributed by atoms with E-state index in [0.29, 0.717) is 25.0 Å². The number of halogens is 1. The van der Waals surface area contributed by atoms with Crippen LogP contribution in [-0.2, 0) is 16.1 Å². The van der Waals surface area contributed by atoms with Gasteiger partial charge in [0.05, 0.1) is 25.8 Å². The van der Waals surface area contributed by atoms with Crippen LogP contribution < -0.4 is 15.4 Å². The molecule has 2 aliphatic rings. The lowest BCUT2D eigenvalue weighted by Crippen LogP contribution is -2.45. The SMILES string of the molecule is Cc1ccc(CN=C(NCC(=O)N(C)C)NCC2CCCCO2)c(OCC2CC2)c1.I. The molecule has 1 aliphatic heterocycles. The summed E-state index contributed by atoms with van der Waals surface area (Å²) in [5, 5.41) is 6.50. The van der Waals surface area contributed by atoms with Crippen LogP contribution in [0.2, 0.25) is 0 Å². The molecule has 1 aromatic carbocycles. The first-order valence-corrected chi connectivity index (χ1v) is 11.1. The van der Waals surface area contributed by atoms with Gasteiger partial charge < -0.3 is 25.0 Å². The molecule has 174 valence electrons. The summed E-state index contributed by atoms with van der Waals surface area (Å²) in [7, 11) is 3.50. The lowest BCUT2D eigenvalue weighted by molar-refractivity contribution is -0.127. The lowest BCUT2D eigenvalue weighted by atomic mass is 10.1. The number of likely N-dealkylation sites (N-methyl/N-ethyl adjacent to an activating group) is 1. The van der Waals surface area contributed by atoms with E-state index in [1.54, 1.807) is 19.0 Å². The molecule has 7 nitrogen and oxygen atoms in total. The molecule has 2 fully saturated rings. The molecule has 1 atom stereocenters. The molecule has 0 radical (unpaired) electrons. The topological polar surface area (TPSA) is 75.2 Å². The third kappa shape index (κ3) is 9.22. The Morgan fingerprint density at radius 3 is 2.71 bits per heavy atom. The monoisotopic (exact) mass is 544 g/mol. The van der Waals surface area contributed by atoms with Crippen molar-refractivity contribution in [1.82, 2.24) is 15.5 Å². The van der Waals surface area contributed by atoms with Gasteiger partial charge in [0.15, 0.2) is 5.96 Å². The van der Waals surface area contributed by atoms with E-state index in [1.807, 2.05) is 0 Å². The summed E-state index contributed by atoms with van der Waals surface area (Å²) in [5.41, 5.74) is 2.23. The minimum absolute atomic E-state index is 0. The summed E-state index contributed by atoms with van der Waals surface area (Å²) < 4.78 is 11.9. The van der Waals surface area contributed by atoms with Gasteiger partial charge in [0.2, 0.25) is 5.91 Å². The van der Waals surface area contributed by atoms with E-state index in [4.69, 9.17) is 14.5 Å². The molecular weight excluding hydrogens is 507 g/mol. The molecule has 1 unspecified atom stereocenters. The second-order valence-corrected chi connectivity index (χ2v) is 8.54. The summed E-state index contributed by atoms with van der Waals surface area (Å²) in [4.78, 5) is 18.3. The normalized spacial score (nSPS) is 18.7. The van der Waals surface area contributed by atoms with Crippen LogP contribution in [0.5, 0.6) is 5.75 Å². The van der Waals surface area contributed by atoms with Gasteiger partial charge in [0.1, 0.15) is 5.75 Å². The number of carbonyl (C=O) groups excluding carboxylic acids is 1. The average Bonchev–Trinajstić information content (AvgIpc) is 3.57. The minimum Gasteiger partial charge on any atom is -0.493 e. The van der Waals surface area contributed by atoms with Gasteiger partial charge in [0.25, 0.3) is 0 Å². The molecule has 2 N–H and O–H groups in total. The van der Waals surface area contributed by atoms with Crippen LogP contribution in [0.25, 0.3) is 0 Å². The van der Waals surface area contributed by atoms with Crippen molar-refractivity contribution in [3.63, 3.8) is 0 Å². The Hall–Kier alpha value is -1.55. The van der Waals surface area contributed by atoms with Crippen molar-refractivity contribution >= 4 is 35.8 Å². The van der Waals surface area contributed by atoms with E-state index in [9.17, 15) is 4.79 Å². The van der Waals surface area contributed by atoms with Gasteiger partial charge in [-0.3, -0.25) is 4.79 Å². The predicted octanol–water partition coefficient (Wildman–Crippen LogP) is 3.09. The van der Waals surface area contributed by atoms with Crippen LogP contribution >= 0.6 is 24.0 Å². The summed E-state index contributed by atoms with van der Waals surface area (Å²) in [6.45, 7) is 5.03. The molecule has 1 saturated heterocycles. The van der Waals surface area contributed by atoms with Crippen LogP contribution in [0.1, 0.15) is 43.2 Å². The molecule has 1 aromatic rings. The third-order valence-electron chi connectivity index (χ3n) is 5.48. The Bertz CT molecular complexity index is 732. The maximum absolute atomic E-state index is 12.0. The Morgan fingerprint density at radius 2 is 2.03 bits per heavy atom. The second kappa shape index (κ2) is 13.1. The number of ether oxygens (including phenoxy) is 2. The lowest BCUT2D eigenvalue weighted by Gasteiger charge is -2.24. The van der Waals surface area contributed by atoms with Crippen molar-refractivity contribution in [3.8, 4) is 5.75 Å². The molecule has 3 rings (SSSR count). The number of aliphatic imine (C=N–C) groups is 1. The molecule has 0 aromatic heterocycles. The summed E-state index contributed by atoms with van der Waals surface area (Å²) in [6.07, 6.45) is 6.09. The van der Waals surface area contributed by atoms with Crippen molar-refractivity contribution in [1.29, 1.82) is 0 Å². The number of aryl methyl sites for hydroxylation is 1. The van der Waals surface area contributed by atoms with E-state index >= 15 is 0 Å². The fourth-order valence-electron chi connectivity index (χ4n) is 3.25. The minimum atomic E-state index is 0. The number of amides is 1. The summed E-state index contributed by atoms with van der Waals surface area (Å²) in [5.74, 6) is 2.23. The highest BCUT2D eigenvalue weighted by molar-refractivity contribution is 14.0. The van der Waals surface area contributed by atoms with Crippen molar-refractivity contribution < 1.29 is 14.3 Å². The van der Waals surface area contributed by atoms with E-state index < -0.39 is 0 Å². The number of carbonyl (C=O) groups is 1. The third-order valence-corrected chi connectivity index (χ3v) is 5.48. The maximum Gasteiger partial charge on any atom is 0.241 e. The van der Waals surface area contributed by atoms with Gasteiger partial charge in [-0.25, -0.2) is 4.99 Å². The Labute approximate surface area is 203 Å². The molecule has 1 saturated carbocycles. The highest BCUT2D eigenvalue weighted by atomic mass is 127. The van der Waals surface area contributed by atoms with E-state index in [-0.39, 0.29) is 42.5 Å². The van der Waals surface area contributed by atoms with Crippen molar-refractivity contribution in [2.75, 3.05) is 40.4 Å². The molecule has 1 heterocycles. The Balaban J connectivity index is 0.00000341. The molecule has 0 spiro atoms. The van der Waals surface area contributed by atoms with Gasteiger partial charge in [-0.2, -0.15) is 0 Å². The smallest absolute Gasteiger partial charge is 0.241 e. The van der Waals surface area contributed by atoms with Crippen molar-refractivity contribution in [3.05, 3.63) is 29.3 Å². The number of nitrogens with zero attached hydrogens (tertiary/aromatic N) is 2. The number of rotatable bonds is 9. The zero-order chi connectivity index (χ0) is 21.3. The van der Waals surface area contributed by atoms with Crippen LogP contribution in [0.4, 0.5) is 0 Å². The van der Waals surface area contributed by atoms with Crippen molar-refractivity contribution in [2.45, 2.75) is 51.7 Å². The largest absolute Gasteiger partial charge is 0.493 e. The predicted molar refractivity (Wildman–Crippen MR) is 134 cm³/mol. The van der Waals surface area contributed by atoms with Gasteiger partial charge in [-0.15, -0.1) is 24.0 Å².